The Morgan fingerprint density at radius 2 is 2.25 bits per heavy atom. The summed E-state index contributed by atoms with van der Waals surface area (Å²) in [5.74, 6) is 0.866. The topological polar surface area (TPSA) is 44.5 Å². The Labute approximate surface area is 125 Å². The van der Waals surface area contributed by atoms with Gasteiger partial charge in [0.15, 0.2) is 0 Å². The number of nitrogens with two attached hydrogens (primary N) is 1. The zero-order valence-corrected chi connectivity index (χ0v) is 12.7. The summed E-state index contributed by atoms with van der Waals surface area (Å²) in [6.45, 7) is 2.75. The molecule has 1 aromatic rings. The molecule has 4 heteroatoms. The van der Waals surface area contributed by atoms with Gasteiger partial charge >= 0.3 is 0 Å². The van der Waals surface area contributed by atoms with Crippen molar-refractivity contribution in [2.24, 2.45) is 5.73 Å². The van der Waals surface area contributed by atoms with Crippen LogP contribution in [0.2, 0.25) is 5.02 Å². The molecule has 0 bridgehead atoms. The lowest BCUT2D eigenvalue weighted by Crippen LogP contribution is -2.48. The van der Waals surface area contributed by atoms with Gasteiger partial charge in [-0.2, -0.15) is 0 Å². The van der Waals surface area contributed by atoms with Gasteiger partial charge in [0.2, 0.25) is 0 Å². The van der Waals surface area contributed by atoms with E-state index in [1.807, 2.05) is 25.1 Å². The molecule has 1 unspecified atom stereocenters. The van der Waals surface area contributed by atoms with Gasteiger partial charge in [-0.1, -0.05) is 11.6 Å². The van der Waals surface area contributed by atoms with Crippen molar-refractivity contribution < 1.29 is 9.47 Å². The molecule has 1 heterocycles. The third kappa shape index (κ3) is 2.80. The molecule has 0 radical (unpaired) electrons. The summed E-state index contributed by atoms with van der Waals surface area (Å²) in [6.07, 6.45) is 5.79. The zero-order chi connectivity index (χ0) is 14.2. The Hall–Kier alpha value is -0.770. The van der Waals surface area contributed by atoms with Gasteiger partial charge < -0.3 is 15.2 Å². The van der Waals surface area contributed by atoms with Crippen LogP contribution >= 0.6 is 11.6 Å². The van der Waals surface area contributed by atoms with Crippen molar-refractivity contribution in [2.75, 3.05) is 6.61 Å². The van der Waals surface area contributed by atoms with E-state index in [0.29, 0.717) is 5.02 Å². The first kappa shape index (κ1) is 14.2. The second-order valence-electron chi connectivity index (χ2n) is 6.09. The highest BCUT2D eigenvalue weighted by atomic mass is 35.5. The smallest absolute Gasteiger partial charge is 0.124 e. The first-order valence-corrected chi connectivity index (χ1v) is 7.81. The van der Waals surface area contributed by atoms with Crippen LogP contribution in [-0.4, -0.2) is 18.3 Å². The molecule has 1 aliphatic carbocycles. The molecule has 1 spiro atoms. The number of benzene rings is 1. The monoisotopic (exact) mass is 295 g/mol. The van der Waals surface area contributed by atoms with Crippen molar-refractivity contribution in [3.63, 3.8) is 0 Å². The molecule has 3 rings (SSSR count). The van der Waals surface area contributed by atoms with E-state index < -0.39 is 0 Å². The van der Waals surface area contributed by atoms with Crippen LogP contribution in [0.1, 0.15) is 50.6 Å². The van der Waals surface area contributed by atoms with Gasteiger partial charge in [-0.25, -0.2) is 0 Å². The predicted octanol–water partition coefficient (Wildman–Crippen LogP) is 3.84. The molecule has 1 saturated heterocycles. The lowest BCUT2D eigenvalue weighted by molar-refractivity contribution is -0.153. The number of hydrogen-bond donors (Lipinski definition) is 1. The van der Waals surface area contributed by atoms with E-state index in [4.69, 9.17) is 26.8 Å². The van der Waals surface area contributed by atoms with Gasteiger partial charge in [-0.15, -0.1) is 0 Å². The Kier molecular flexibility index (Phi) is 3.93. The largest absolute Gasteiger partial charge is 0.490 e. The molecule has 3 nitrogen and oxygen atoms in total. The summed E-state index contributed by atoms with van der Waals surface area (Å²) in [4.78, 5) is 0. The van der Waals surface area contributed by atoms with Gasteiger partial charge in [0.25, 0.3) is 0 Å². The fraction of sp³-hybridized carbons (Fsp3) is 0.625. The molecule has 2 aliphatic rings. The van der Waals surface area contributed by atoms with E-state index in [1.165, 1.54) is 19.3 Å². The van der Waals surface area contributed by atoms with Crippen molar-refractivity contribution >= 4 is 11.6 Å². The van der Waals surface area contributed by atoms with E-state index in [1.54, 1.807) is 0 Å². The highest BCUT2D eigenvalue weighted by Gasteiger charge is 2.43. The van der Waals surface area contributed by atoms with Crippen molar-refractivity contribution in [1.29, 1.82) is 0 Å². The predicted molar refractivity (Wildman–Crippen MR) is 80.2 cm³/mol. The summed E-state index contributed by atoms with van der Waals surface area (Å²) >= 11 is 6.05. The van der Waals surface area contributed by atoms with Crippen LogP contribution < -0.4 is 10.5 Å². The standard InChI is InChI=1S/C16H22ClNO2/c1-11(18)14-9-12(17)3-4-15(14)20-13-5-8-19-16(10-13)6-2-7-16/h3-4,9,11,13H,2,5-8,10,18H2,1H3/t11-,13?/m0/s1. The molecular formula is C16H22ClNO2. The number of halogens is 1. The minimum absolute atomic E-state index is 0.0822. The normalized spacial score (nSPS) is 26.1. The van der Waals surface area contributed by atoms with Gasteiger partial charge in [0.1, 0.15) is 11.9 Å². The van der Waals surface area contributed by atoms with Crippen molar-refractivity contribution in [1.82, 2.24) is 0 Å². The van der Waals surface area contributed by atoms with Crippen molar-refractivity contribution in [3.05, 3.63) is 28.8 Å². The minimum Gasteiger partial charge on any atom is -0.490 e. The SMILES string of the molecule is C[C@H](N)c1cc(Cl)ccc1OC1CCOC2(CCC2)C1. The summed E-state index contributed by atoms with van der Waals surface area (Å²) in [5.41, 5.74) is 7.10. The lowest BCUT2D eigenvalue weighted by Gasteiger charge is -2.47. The first-order chi connectivity index (χ1) is 9.58. The summed E-state index contributed by atoms with van der Waals surface area (Å²) < 4.78 is 12.2. The van der Waals surface area contributed by atoms with Gasteiger partial charge in [0.05, 0.1) is 12.2 Å². The average Bonchev–Trinajstić information content (AvgIpc) is 2.39. The minimum atomic E-state index is -0.0822. The fourth-order valence-electron chi connectivity index (χ4n) is 3.16. The Morgan fingerprint density at radius 1 is 1.45 bits per heavy atom. The molecular weight excluding hydrogens is 274 g/mol. The van der Waals surface area contributed by atoms with E-state index in [-0.39, 0.29) is 17.7 Å². The van der Waals surface area contributed by atoms with E-state index in [9.17, 15) is 0 Å². The summed E-state index contributed by atoms with van der Waals surface area (Å²) in [5, 5.41) is 0.701. The Balaban J connectivity index is 1.74. The quantitative estimate of drug-likeness (QED) is 0.921. The summed E-state index contributed by atoms with van der Waals surface area (Å²) in [6, 6.07) is 5.62. The van der Waals surface area contributed by atoms with Gasteiger partial charge in [-0.05, 0) is 44.4 Å². The fourth-order valence-corrected chi connectivity index (χ4v) is 3.35. The van der Waals surface area contributed by atoms with Crippen LogP contribution in [0, 0.1) is 0 Å². The molecule has 2 atom stereocenters. The second-order valence-corrected chi connectivity index (χ2v) is 6.52. The maximum absolute atomic E-state index is 6.22. The Morgan fingerprint density at radius 3 is 2.90 bits per heavy atom. The highest BCUT2D eigenvalue weighted by Crippen LogP contribution is 2.43. The highest BCUT2D eigenvalue weighted by molar-refractivity contribution is 6.30. The van der Waals surface area contributed by atoms with E-state index >= 15 is 0 Å². The van der Waals surface area contributed by atoms with Crippen LogP contribution in [-0.2, 0) is 4.74 Å². The Bertz CT molecular complexity index is 485. The second kappa shape index (κ2) is 5.55. The molecule has 20 heavy (non-hydrogen) atoms. The first-order valence-electron chi connectivity index (χ1n) is 7.44. The van der Waals surface area contributed by atoms with Crippen LogP contribution in [0.25, 0.3) is 0 Å². The molecule has 1 aromatic carbocycles. The molecule has 2 N–H and O–H groups in total. The zero-order valence-electron chi connectivity index (χ0n) is 11.9. The molecule has 1 saturated carbocycles. The molecule has 1 aliphatic heterocycles. The van der Waals surface area contributed by atoms with Crippen LogP contribution in [0.4, 0.5) is 0 Å². The molecule has 0 amide bonds. The maximum Gasteiger partial charge on any atom is 0.124 e. The molecule has 2 fully saturated rings. The van der Waals surface area contributed by atoms with Gasteiger partial charge in [-0.3, -0.25) is 0 Å². The number of rotatable bonds is 3. The third-order valence-corrected chi connectivity index (χ3v) is 4.70. The number of ether oxygens (including phenoxy) is 2. The number of hydrogen-bond acceptors (Lipinski definition) is 3. The van der Waals surface area contributed by atoms with Crippen LogP contribution in [0.5, 0.6) is 5.75 Å². The lowest BCUT2D eigenvalue weighted by atomic mass is 9.74. The van der Waals surface area contributed by atoms with Gasteiger partial charge in [0, 0.05) is 29.5 Å². The third-order valence-electron chi connectivity index (χ3n) is 4.47. The molecule has 110 valence electrons. The average molecular weight is 296 g/mol. The molecule has 0 aromatic heterocycles. The van der Waals surface area contributed by atoms with E-state index in [2.05, 4.69) is 0 Å². The summed E-state index contributed by atoms with van der Waals surface area (Å²) in [7, 11) is 0. The van der Waals surface area contributed by atoms with Crippen LogP contribution in [0.3, 0.4) is 0 Å². The van der Waals surface area contributed by atoms with Crippen molar-refractivity contribution in [3.8, 4) is 5.75 Å². The van der Waals surface area contributed by atoms with Crippen molar-refractivity contribution in [2.45, 2.75) is 56.8 Å². The van der Waals surface area contributed by atoms with E-state index in [0.717, 1.165) is 30.8 Å². The maximum atomic E-state index is 6.22. The van der Waals surface area contributed by atoms with Crippen LogP contribution in [0.15, 0.2) is 18.2 Å².